The summed E-state index contributed by atoms with van der Waals surface area (Å²) in [6.45, 7) is 2.32. The van der Waals surface area contributed by atoms with E-state index in [0.717, 1.165) is 17.7 Å². The second kappa shape index (κ2) is 6.68. The van der Waals surface area contributed by atoms with Gasteiger partial charge in [-0.05, 0) is 37.5 Å². The molecule has 2 heterocycles. The summed E-state index contributed by atoms with van der Waals surface area (Å²) >= 11 is 0. The summed E-state index contributed by atoms with van der Waals surface area (Å²) in [7, 11) is -1.77. The average Bonchev–Trinajstić information content (AvgIpc) is 2.89. The molecule has 0 saturated heterocycles. The van der Waals surface area contributed by atoms with Gasteiger partial charge in [0.1, 0.15) is 10.7 Å². The Balaban J connectivity index is 1.87. The quantitative estimate of drug-likeness (QED) is 0.664. The molecule has 0 aliphatic heterocycles. The minimum atomic E-state index is -3.50. The predicted octanol–water partition coefficient (Wildman–Crippen LogP) is 1.07. The fourth-order valence-corrected chi connectivity index (χ4v) is 2.90. The second-order valence-corrected chi connectivity index (χ2v) is 6.42. The van der Waals surface area contributed by atoms with Gasteiger partial charge in [0.25, 0.3) is 0 Å². The number of hydrogen-bond acceptors (Lipinski definition) is 5. The average molecular weight is 309 g/mol. The van der Waals surface area contributed by atoms with Gasteiger partial charge in [-0.3, -0.25) is 5.10 Å². The molecule has 0 bridgehead atoms. The summed E-state index contributed by atoms with van der Waals surface area (Å²) in [6.07, 6.45) is 4.60. The highest BCUT2D eigenvalue weighted by molar-refractivity contribution is 7.89. The molecule has 0 spiro atoms. The molecule has 2 aromatic heterocycles. The van der Waals surface area contributed by atoms with Crippen LogP contribution in [-0.2, 0) is 16.4 Å². The summed E-state index contributed by atoms with van der Waals surface area (Å²) in [5, 5.41) is 9.64. The van der Waals surface area contributed by atoms with Crippen LogP contribution < -0.4 is 10.0 Å². The van der Waals surface area contributed by atoms with Crippen LogP contribution in [0.2, 0.25) is 0 Å². The molecule has 8 heteroatoms. The van der Waals surface area contributed by atoms with Crippen molar-refractivity contribution in [3.8, 4) is 0 Å². The first kappa shape index (κ1) is 15.5. The maximum absolute atomic E-state index is 12.1. The lowest BCUT2D eigenvalue weighted by atomic mass is 10.1. The molecule has 2 aromatic rings. The zero-order valence-electron chi connectivity index (χ0n) is 12.0. The largest absolute Gasteiger partial charge is 0.373 e. The van der Waals surface area contributed by atoms with Crippen molar-refractivity contribution in [1.29, 1.82) is 0 Å². The number of aryl methyl sites for hydroxylation is 2. The van der Waals surface area contributed by atoms with E-state index in [1.54, 1.807) is 19.3 Å². The molecule has 2 rings (SSSR count). The van der Waals surface area contributed by atoms with Gasteiger partial charge < -0.3 is 5.32 Å². The van der Waals surface area contributed by atoms with E-state index in [2.05, 4.69) is 25.2 Å². The molecule has 0 saturated carbocycles. The van der Waals surface area contributed by atoms with Crippen LogP contribution in [0.1, 0.15) is 17.7 Å². The third-order valence-corrected chi connectivity index (χ3v) is 4.60. The molecule has 0 amide bonds. The van der Waals surface area contributed by atoms with Crippen molar-refractivity contribution < 1.29 is 8.42 Å². The van der Waals surface area contributed by atoms with Crippen LogP contribution in [0.3, 0.4) is 0 Å². The maximum Gasteiger partial charge on any atom is 0.242 e. The van der Waals surface area contributed by atoms with Crippen molar-refractivity contribution in [2.45, 2.75) is 24.7 Å². The summed E-state index contributed by atoms with van der Waals surface area (Å²) in [4.78, 5) is 4.17. The van der Waals surface area contributed by atoms with E-state index < -0.39 is 10.0 Å². The monoisotopic (exact) mass is 309 g/mol. The van der Waals surface area contributed by atoms with Gasteiger partial charge in [-0.1, -0.05) is 0 Å². The first-order valence-electron chi connectivity index (χ1n) is 6.65. The van der Waals surface area contributed by atoms with E-state index >= 15 is 0 Å². The van der Waals surface area contributed by atoms with Crippen molar-refractivity contribution in [1.82, 2.24) is 19.9 Å². The summed E-state index contributed by atoms with van der Waals surface area (Å²) in [6, 6.07) is 3.16. The highest BCUT2D eigenvalue weighted by Crippen LogP contribution is 2.10. The summed E-state index contributed by atoms with van der Waals surface area (Å²) in [5.41, 5.74) is 2.12. The van der Waals surface area contributed by atoms with Crippen LogP contribution >= 0.6 is 0 Å². The van der Waals surface area contributed by atoms with E-state index in [9.17, 15) is 8.42 Å². The predicted molar refractivity (Wildman–Crippen MR) is 80.6 cm³/mol. The van der Waals surface area contributed by atoms with Crippen molar-refractivity contribution >= 4 is 15.8 Å². The van der Waals surface area contributed by atoms with Gasteiger partial charge in [0.15, 0.2) is 0 Å². The number of sulfonamides is 1. The third kappa shape index (κ3) is 4.02. The van der Waals surface area contributed by atoms with Crippen molar-refractivity contribution in [2.24, 2.45) is 0 Å². The Labute approximate surface area is 124 Å². The van der Waals surface area contributed by atoms with Crippen LogP contribution in [0, 0.1) is 6.92 Å². The Bertz CT molecular complexity index is 679. The zero-order chi connectivity index (χ0) is 15.3. The molecular weight excluding hydrogens is 290 g/mol. The Morgan fingerprint density at radius 2 is 2.10 bits per heavy atom. The number of anilines is 1. The molecule has 0 aliphatic carbocycles. The molecule has 0 aromatic carbocycles. The van der Waals surface area contributed by atoms with Crippen LogP contribution in [0.25, 0.3) is 0 Å². The number of aromatic amines is 1. The summed E-state index contributed by atoms with van der Waals surface area (Å²) in [5.74, 6) is 0.629. The minimum Gasteiger partial charge on any atom is -0.373 e. The van der Waals surface area contributed by atoms with Crippen LogP contribution in [0.15, 0.2) is 29.4 Å². The topological polar surface area (TPSA) is 99.8 Å². The molecule has 0 atom stereocenters. The molecule has 7 nitrogen and oxygen atoms in total. The van der Waals surface area contributed by atoms with Gasteiger partial charge in [-0.2, -0.15) is 5.10 Å². The van der Waals surface area contributed by atoms with Crippen molar-refractivity contribution in [2.75, 3.05) is 18.9 Å². The SMILES string of the molecule is CNc1ccc(S(=O)(=O)NCCCc2cn[nH]c2C)cn1. The molecule has 0 unspecified atom stereocenters. The molecule has 114 valence electrons. The zero-order valence-corrected chi connectivity index (χ0v) is 12.9. The number of rotatable bonds is 7. The number of pyridine rings is 1. The molecule has 21 heavy (non-hydrogen) atoms. The molecular formula is C13H19N5O2S. The molecule has 0 radical (unpaired) electrons. The third-order valence-electron chi connectivity index (χ3n) is 3.15. The minimum absolute atomic E-state index is 0.168. The lowest BCUT2D eigenvalue weighted by Crippen LogP contribution is -2.25. The second-order valence-electron chi connectivity index (χ2n) is 4.65. The Kier molecular flexibility index (Phi) is 4.92. The van der Waals surface area contributed by atoms with Crippen molar-refractivity contribution in [3.05, 3.63) is 35.8 Å². The van der Waals surface area contributed by atoms with E-state index in [1.807, 2.05) is 6.92 Å². The van der Waals surface area contributed by atoms with E-state index in [4.69, 9.17) is 0 Å². The lowest BCUT2D eigenvalue weighted by molar-refractivity contribution is 0.578. The fourth-order valence-electron chi connectivity index (χ4n) is 1.88. The molecule has 0 aliphatic rings. The fraction of sp³-hybridized carbons (Fsp3) is 0.385. The smallest absolute Gasteiger partial charge is 0.242 e. The Hall–Kier alpha value is -1.93. The number of hydrogen-bond donors (Lipinski definition) is 3. The number of H-pyrrole nitrogens is 1. The first-order valence-corrected chi connectivity index (χ1v) is 8.13. The maximum atomic E-state index is 12.1. The van der Waals surface area contributed by atoms with Gasteiger partial charge >= 0.3 is 0 Å². The number of nitrogens with zero attached hydrogens (tertiary/aromatic N) is 2. The number of aromatic nitrogens is 3. The first-order chi connectivity index (χ1) is 10.0. The highest BCUT2D eigenvalue weighted by Gasteiger charge is 2.13. The van der Waals surface area contributed by atoms with Gasteiger partial charge in [-0.25, -0.2) is 18.1 Å². The van der Waals surface area contributed by atoms with Crippen molar-refractivity contribution in [3.63, 3.8) is 0 Å². The van der Waals surface area contributed by atoms with Crippen LogP contribution in [0.4, 0.5) is 5.82 Å². The van der Waals surface area contributed by atoms with Gasteiger partial charge in [0.05, 0.1) is 6.20 Å². The lowest BCUT2D eigenvalue weighted by Gasteiger charge is -2.07. The van der Waals surface area contributed by atoms with Gasteiger partial charge in [0.2, 0.25) is 10.0 Å². The Morgan fingerprint density at radius 1 is 1.29 bits per heavy atom. The van der Waals surface area contributed by atoms with E-state index in [-0.39, 0.29) is 4.90 Å². The van der Waals surface area contributed by atoms with E-state index in [0.29, 0.717) is 18.8 Å². The standard InChI is InChI=1S/C13H19N5O2S/c1-10-11(8-16-18-10)4-3-7-17-21(19,20)12-5-6-13(14-2)15-9-12/h5-6,8-9,17H,3-4,7H2,1-2H3,(H,14,15)(H,16,18). The van der Waals surface area contributed by atoms with Crippen LogP contribution in [-0.4, -0.2) is 37.2 Å². The highest BCUT2D eigenvalue weighted by atomic mass is 32.2. The number of nitrogens with one attached hydrogen (secondary N) is 3. The van der Waals surface area contributed by atoms with Gasteiger partial charge in [0, 0.05) is 25.5 Å². The van der Waals surface area contributed by atoms with Crippen LogP contribution in [0.5, 0.6) is 0 Å². The normalized spacial score (nSPS) is 11.5. The molecule has 0 fully saturated rings. The van der Waals surface area contributed by atoms with Gasteiger partial charge in [-0.15, -0.1) is 0 Å². The molecule has 3 N–H and O–H groups in total. The summed E-state index contributed by atoms with van der Waals surface area (Å²) < 4.78 is 26.7. The Morgan fingerprint density at radius 3 is 2.67 bits per heavy atom. The van der Waals surface area contributed by atoms with E-state index in [1.165, 1.54) is 12.3 Å².